The predicted molar refractivity (Wildman–Crippen MR) is 106 cm³/mol. The number of halogens is 2. The summed E-state index contributed by atoms with van der Waals surface area (Å²) in [7, 11) is 0. The first-order valence-electron chi connectivity index (χ1n) is 9.55. The molecule has 2 saturated heterocycles. The van der Waals surface area contributed by atoms with Gasteiger partial charge in [0.25, 0.3) is 0 Å². The summed E-state index contributed by atoms with van der Waals surface area (Å²) < 4.78 is 10.8. The Morgan fingerprint density at radius 1 is 0.458 bits per heavy atom. The van der Waals surface area contributed by atoms with Gasteiger partial charge in [0.05, 0.1) is 26.4 Å². The smallest absolute Gasteiger partial charge is 0.0594 e. The quantitative estimate of drug-likeness (QED) is 0.507. The van der Waals surface area contributed by atoms with Crippen molar-refractivity contribution in [3.8, 4) is 0 Å². The van der Waals surface area contributed by atoms with Crippen LogP contribution in [0.2, 0.25) is 0 Å². The minimum atomic E-state index is 0. The first-order valence-corrected chi connectivity index (χ1v) is 9.55. The molecule has 2 heterocycles. The summed E-state index contributed by atoms with van der Waals surface area (Å²) in [6, 6.07) is 0. The van der Waals surface area contributed by atoms with E-state index in [4.69, 9.17) is 9.47 Å². The Morgan fingerprint density at radius 2 is 0.750 bits per heavy atom. The monoisotopic (exact) mass is 384 g/mol. The molecule has 0 aromatic heterocycles. The molecule has 6 heteroatoms. The largest absolute Gasteiger partial charge is 0.379 e. The summed E-state index contributed by atoms with van der Waals surface area (Å²) in [5.74, 6) is 0. The lowest BCUT2D eigenvalue weighted by molar-refractivity contribution is 0.0369. The van der Waals surface area contributed by atoms with Crippen LogP contribution in [0.3, 0.4) is 0 Å². The molecule has 0 aliphatic carbocycles. The molecule has 0 aromatic carbocycles. The molecule has 0 aromatic rings. The van der Waals surface area contributed by atoms with Gasteiger partial charge < -0.3 is 9.47 Å². The van der Waals surface area contributed by atoms with E-state index in [2.05, 4.69) is 9.80 Å². The Morgan fingerprint density at radius 3 is 1.08 bits per heavy atom. The van der Waals surface area contributed by atoms with E-state index in [9.17, 15) is 0 Å². The van der Waals surface area contributed by atoms with Crippen LogP contribution in [0.15, 0.2) is 0 Å². The summed E-state index contributed by atoms with van der Waals surface area (Å²) in [6.45, 7) is 10.9. The van der Waals surface area contributed by atoms with Crippen LogP contribution < -0.4 is 0 Å². The molecule has 2 fully saturated rings. The molecule has 4 nitrogen and oxygen atoms in total. The lowest BCUT2D eigenvalue weighted by Crippen LogP contribution is -2.36. The van der Waals surface area contributed by atoms with E-state index in [1.165, 1.54) is 64.5 Å². The van der Waals surface area contributed by atoms with E-state index in [0.717, 1.165) is 52.6 Å². The van der Waals surface area contributed by atoms with Gasteiger partial charge in [-0.3, -0.25) is 9.80 Å². The zero-order chi connectivity index (χ0) is 15.3. The third kappa shape index (κ3) is 11.9. The van der Waals surface area contributed by atoms with E-state index in [-0.39, 0.29) is 24.8 Å². The fraction of sp³-hybridized carbons (Fsp3) is 1.00. The van der Waals surface area contributed by atoms with Gasteiger partial charge in [0.15, 0.2) is 0 Å². The minimum Gasteiger partial charge on any atom is -0.379 e. The van der Waals surface area contributed by atoms with Crippen LogP contribution in [-0.2, 0) is 9.47 Å². The number of nitrogens with zero attached hydrogens (tertiary/aromatic N) is 2. The second-order valence-electron chi connectivity index (χ2n) is 6.74. The Kier molecular flexibility index (Phi) is 17.2. The zero-order valence-corrected chi connectivity index (χ0v) is 16.9. The number of hydrogen-bond donors (Lipinski definition) is 0. The third-order valence-electron chi connectivity index (χ3n) is 4.91. The first kappa shape index (κ1) is 24.4. The number of ether oxygens (including phenoxy) is 2. The van der Waals surface area contributed by atoms with Gasteiger partial charge in [0, 0.05) is 26.2 Å². The van der Waals surface area contributed by atoms with E-state index in [1.807, 2.05) is 0 Å². The average molecular weight is 385 g/mol. The van der Waals surface area contributed by atoms with E-state index >= 15 is 0 Å². The molecule has 0 saturated carbocycles. The molecule has 0 spiro atoms. The van der Waals surface area contributed by atoms with Gasteiger partial charge in [0.2, 0.25) is 0 Å². The number of morpholine rings is 2. The van der Waals surface area contributed by atoms with Crippen LogP contribution in [0.5, 0.6) is 0 Å². The summed E-state index contributed by atoms with van der Waals surface area (Å²) in [5, 5.41) is 0. The van der Waals surface area contributed by atoms with Crippen molar-refractivity contribution in [2.45, 2.75) is 51.4 Å². The molecule has 2 aliphatic heterocycles. The van der Waals surface area contributed by atoms with E-state index in [1.54, 1.807) is 0 Å². The summed E-state index contributed by atoms with van der Waals surface area (Å²) in [6.07, 6.45) is 11.3. The standard InChI is InChI=1S/C18H36N2O2.2ClH/c1(3-5-7-9-19-11-15-21-16-12-19)2-4-6-8-10-20-13-17-22-18-14-20;;/h1-18H2;2*1H. The van der Waals surface area contributed by atoms with Gasteiger partial charge in [-0.25, -0.2) is 0 Å². The molecule has 0 N–H and O–H groups in total. The molecule has 0 radical (unpaired) electrons. The molecule has 0 unspecified atom stereocenters. The molecular weight excluding hydrogens is 347 g/mol. The summed E-state index contributed by atoms with van der Waals surface area (Å²) in [4.78, 5) is 5.10. The second kappa shape index (κ2) is 16.9. The van der Waals surface area contributed by atoms with Gasteiger partial charge >= 0.3 is 0 Å². The van der Waals surface area contributed by atoms with Crippen molar-refractivity contribution >= 4 is 24.8 Å². The molecule has 24 heavy (non-hydrogen) atoms. The Labute approximate surface area is 161 Å². The van der Waals surface area contributed by atoms with Crippen LogP contribution in [0.1, 0.15) is 51.4 Å². The van der Waals surface area contributed by atoms with Crippen molar-refractivity contribution in [2.24, 2.45) is 0 Å². The first-order chi connectivity index (χ1) is 10.9. The maximum atomic E-state index is 5.38. The summed E-state index contributed by atoms with van der Waals surface area (Å²) in [5.41, 5.74) is 0. The lowest BCUT2D eigenvalue weighted by Gasteiger charge is -2.26. The maximum absolute atomic E-state index is 5.38. The molecule has 2 aliphatic rings. The van der Waals surface area contributed by atoms with Crippen molar-refractivity contribution in [2.75, 3.05) is 65.7 Å². The van der Waals surface area contributed by atoms with Gasteiger partial charge in [-0.2, -0.15) is 0 Å². The Bertz CT molecular complexity index is 235. The Balaban J connectivity index is 0.00000264. The number of unbranched alkanes of at least 4 members (excludes halogenated alkanes) is 7. The second-order valence-corrected chi connectivity index (χ2v) is 6.74. The highest BCUT2D eigenvalue weighted by atomic mass is 35.5. The SMILES string of the molecule is C(CCCCCN1CCOCC1)CCCCN1CCOCC1.Cl.Cl. The van der Waals surface area contributed by atoms with Gasteiger partial charge in [-0.15, -0.1) is 24.8 Å². The van der Waals surface area contributed by atoms with Crippen molar-refractivity contribution in [1.29, 1.82) is 0 Å². The lowest BCUT2D eigenvalue weighted by atomic mass is 10.1. The fourth-order valence-corrected chi connectivity index (χ4v) is 3.38. The molecule has 2 rings (SSSR count). The van der Waals surface area contributed by atoms with Crippen molar-refractivity contribution in [3.63, 3.8) is 0 Å². The highest BCUT2D eigenvalue weighted by Gasteiger charge is 2.09. The topological polar surface area (TPSA) is 24.9 Å². The van der Waals surface area contributed by atoms with Gasteiger partial charge in [0.1, 0.15) is 0 Å². The molecule has 0 bridgehead atoms. The molecular formula is C18H38Cl2N2O2. The van der Waals surface area contributed by atoms with Crippen LogP contribution in [0, 0.1) is 0 Å². The average Bonchev–Trinajstić information content (AvgIpc) is 2.58. The molecule has 0 amide bonds. The fourth-order valence-electron chi connectivity index (χ4n) is 3.38. The minimum absolute atomic E-state index is 0. The van der Waals surface area contributed by atoms with Crippen molar-refractivity contribution in [1.82, 2.24) is 9.80 Å². The number of hydrogen-bond acceptors (Lipinski definition) is 4. The van der Waals surface area contributed by atoms with Crippen molar-refractivity contribution < 1.29 is 9.47 Å². The van der Waals surface area contributed by atoms with E-state index in [0.29, 0.717) is 0 Å². The molecule has 0 atom stereocenters. The normalized spacial score (nSPS) is 19.5. The van der Waals surface area contributed by atoms with Crippen molar-refractivity contribution in [3.05, 3.63) is 0 Å². The van der Waals surface area contributed by atoms with E-state index < -0.39 is 0 Å². The van der Waals surface area contributed by atoms with Crippen LogP contribution in [0.25, 0.3) is 0 Å². The van der Waals surface area contributed by atoms with Gasteiger partial charge in [-0.05, 0) is 25.9 Å². The molecule has 146 valence electrons. The zero-order valence-electron chi connectivity index (χ0n) is 15.3. The van der Waals surface area contributed by atoms with Crippen LogP contribution in [-0.4, -0.2) is 75.5 Å². The number of rotatable bonds is 11. The van der Waals surface area contributed by atoms with Gasteiger partial charge in [-0.1, -0.05) is 38.5 Å². The van der Waals surface area contributed by atoms with Crippen LogP contribution >= 0.6 is 24.8 Å². The Hall–Kier alpha value is 0.420. The predicted octanol–water partition coefficient (Wildman–Crippen LogP) is 3.62. The maximum Gasteiger partial charge on any atom is 0.0594 e. The highest BCUT2D eigenvalue weighted by Crippen LogP contribution is 2.10. The highest BCUT2D eigenvalue weighted by molar-refractivity contribution is 5.85. The third-order valence-corrected chi connectivity index (χ3v) is 4.91. The summed E-state index contributed by atoms with van der Waals surface area (Å²) >= 11 is 0. The van der Waals surface area contributed by atoms with Crippen LogP contribution in [0.4, 0.5) is 0 Å².